The number of ether oxygens (including phenoxy) is 1. The summed E-state index contributed by atoms with van der Waals surface area (Å²) in [6, 6.07) is 6.99. The third kappa shape index (κ3) is 4.18. The van der Waals surface area contributed by atoms with E-state index in [1.54, 1.807) is 29.0 Å². The van der Waals surface area contributed by atoms with Crippen molar-refractivity contribution in [1.29, 1.82) is 5.41 Å². The molecule has 3 aromatic rings. The van der Waals surface area contributed by atoms with Crippen molar-refractivity contribution in [3.63, 3.8) is 0 Å². The topological polar surface area (TPSA) is 95.9 Å². The lowest BCUT2D eigenvalue weighted by atomic mass is 9.98. The summed E-state index contributed by atoms with van der Waals surface area (Å²) < 4.78 is 8.67. The molecule has 2 aliphatic rings. The molecule has 2 saturated heterocycles. The summed E-state index contributed by atoms with van der Waals surface area (Å²) in [5.41, 5.74) is 1.14. The Morgan fingerprint density at radius 2 is 1.91 bits per heavy atom. The van der Waals surface area contributed by atoms with Gasteiger partial charge in [0, 0.05) is 45.5 Å². The minimum absolute atomic E-state index is 0.117. The fraction of sp³-hybridized carbons (Fsp3) is 0.500. The van der Waals surface area contributed by atoms with E-state index in [9.17, 15) is 9.59 Å². The van der Waals surface area contributed by atoms with Crippen LogP contribution in [0.4, 0.5) is 0 Å². The van der Waals surface area contributed by atoms with Crippen molar-refractivity contribution < 1.29 is 9.53 Å². The maximum absolute atomic E-state index is 13.4. The largest absolute Gasteiger partial charge is 0.379 e. The summed E-state index contributed by atoms with van der Waals surface area (Å²) in [6.07, 6.45) is 3.60. The molecule has 0 aliphatic carbocycles. The second-order valence-corrected chi connectivity index (χ2v) is 9.07. The average molecular weight is 451 g/mol. The highest BCUT2D eigenvalue weighted by molar-refractivity contribution is 5.96. The van der Waals surface area contributed by atoms with Gasteiger partial charge in [-0.25, -0.2) is 4.98 Å². The molecule has 0 radical (unpaired) electrons. The van der Waals surface area contributed by atoms with E-state index in [2.05, 4.69) is 11.8 Å². The van der Waals surface area contributed by atoms with Crippen LogP contribution in [0.5, 0.6) is 0 Å². The monoisotopic (exact) mass is 450 g/mol. The molecular weight excluding hydrogens is 420 g/mol. The van der Waals surface area contributed by atoms with E-state index < -0.39 is 0 Å². The zero-order valence-corrected chi connectivity index (χ0v) is 19.0. The molecule has 1 amide bonds. The number of hydrogen-bond acceptors (Lipinski definition) is 6. The number of likely N-dealkylation sites (tertiary alicyclic amines) is 1. The number of fused-ring (bicyclic) bond motifs is 2. The predicted molar refractivity (Wildman–Crippen MR) is 124 cm³/mol. The summed E-state index contributed by atoms with van der Waals surface area (Å²) >= 11 is 0. The number of aromatic nitrogens is 3. The molecule has 5 heterocycles. The lowest BCUT2D eigenvalue weighted by molar-refractivity contribution is 0.0363. The lowest BCUT2D eigenvalue weighted by Crippen LogP contribution is -2.43. The molecule has 0 unspecified atom stereocenters. The Labute approximate surface area is 191 Å². The van der Waals surface area contributed by atoms with E-state index in [0.29, 0.717) is 62.0 Å². The van der Waals surface area contributed by atoms with Crippen LogP contribution in [0.1, 0.15) is 30.1 Å². The summed E-state index contributed by atoms with van der Waals surface area (Å²) in [4.78, 5) is 35.6. The lowest BCUT2D eigenvalue weighted by Gasteiger charge is -2.30. The molecule has 0 atom stereocenters. The number of nitrogens with one attached hydrogen (secondary N) is 1. The number of hydrogen-bond donors (Lipinski definition) is 1. The van der Waals surface area contributed by atoms with Gasteiger partial charge in [-0.3, -0.25) is 24.3 Å². The number of carbonyl (C=O) groups is 1. The van der Waals surface area contributed by atoms with Gasteiger partial charge in [-0.15, -0.1) is 0 Å². The number of amides is 1. The number of piperidine rings is 1. The summed E-state index contributed by atoms with van der Waals surface area (Å²) in [7, 11) is 0. The normalized spacial score (nSPS) is 18.3. The van der Waals surface area contributed by atoms with E-state index in [-0.39, 0.29) is 22.5 Å². The minimum Gasteiger partial charge on any atom is -0.379 e. The van der Waals surface area contributed by atoms with Crippen molar-refractivity contribution in [3.05, 3.63) is 51.9 Å². The van der Waals surface area contributed by atoms with Crippen LogP contribution in [-0.4, -0.2) is 75.6 Å². The van der Waals surface area contributed by atoms with Gasteiger partial charge in [-0.2, -0.15) is 0 Å². The van der Waals surface area contributed by atoms with Crippen LogP contribution < -0.4 is 11.0 Å². The highest BCUT2D eigenvalue weighted by atomic mass is 16.5. The van der Waals surface area contributed by atoms with Crippen LogP contribution in [0, 0.1) is 11.3 Å². The van der Waals surface area contributed by atoms with Crippen LogP contribution in [0.25, 0.3) is 16.7 Å². The molecule has 9 nitrogen and oxygen atoms in total. The van der Waals surface area contributed by atoms with Crippen LogP contribution in [0.15, 0.2) is 35.3 Å². The molecule has 2 fully saturated rings. The summed E-state index contributed by atoms with van der Waals surface area (Å²) in [5.74, 6) is 0.422. The van der Waals surface area contributed by atoms with Crippen LogP contribution in [0.2, 0.25) is 0 Å². The van der Waals surface area contributed by atoms with E-state index in [4.69, 9.17) is 15.1 Å². The molecule has 3 aromatic heterocycles. The zero-order chi connectivity index (χ0) is 22.9. The van der Waals surface area contributed by atoms with Crippen LogP contribution >= 0.6 is 0 Å². The second kappa shape index (κ2) is 9.07. The fourth-order valence-electron chi connectivity index (χ4n) is 4.72. The fourth-order valence-corrected chi connectivity index (χ4v) is 4.72. The van der Waals surface area contributed by atoms with Gasteiger partial charge in [0.1, 0.15) is 16.8 Å². The van der Waals surface area contributed by atoms with Crippen molar-refractivity contribution in [2.75, 3.05) is 45.9 Å². The molecule has 0 bridgehead atoms. The first-order valence-electron chi connectivity index (χ1n) is 11.7. The van der Waals surface area contributed by atoms with E-state index in [1.807, 2.05) is 11.0 Å². The molecule has 5 rings (SSSR count). The first-order valence-corrected chi connectivity index (χ1v) is 11.7. The molecular formula is C24H30N6O3. The molecule has 0 aromatic carbocycles. The average Bonchev–Trinajstić information content (AvgIpc) is 2.84. The number of nitrogens with zero attached hydrogens (tertiary/aromatic N) is 5. The zero-order valence-electron chi connectivity index (χ0n) is 19.0. The molecule has 174 valence electrons. The van der Waals surface area contributed by atoms with Crippen molar-refractivity contribution in [2.45, 2.75) is 26.3 Å². The standard InChI is InChI=1S/C24H30N6O3/c1-17-5-8-28(9-6-17)23(31)18-16-19-22(26-20-4-2-3-7-29(20)24(19)32)30(21(18)25)11-10-27-12-14-33-15-13-27/h2-4,7,16-17,25H,5-6,8-15H2,1H3. The first-order chi connectivity index (χ1) is 16.0. The minimum atomic E-state index is -0.225. The number of rotatable bonds is 4. The van der Waals surface area contributed by atoms with Crippen molar-refractivity contribution >= 4 is 22.6 Å². The highest BCUT2D eigenvalue weighted by Crippen LogP contribution is 2.18. The van der Waals surface area contributed by atoms with Gasteiger partial charge >= 0.3 is 0 Å². The van der Waals surface area contributed by atoms with Crippen molar-refractivity contribution in [1.82, 2.24) is 23.8 Å². The van der Waals surface area contributed by atoms with Crippen molar-refractivity contribution in [3.8, 4) is 0 Å². The Kier molecular flexibility index (Phi) is 5.99. The van der Waals surface area contributed by atoms with Gasteiger partial charge in [-0.05, 0) is 37.0 Å². The summed E-state index contributed by atoms with van der Waals surface area (Å²) in [5, 5.41) is 9.30. The predicted octanol–water partition coefficient (Wildman–Crippen LogP) is 1.33. The van der Waals surface area contributed by atoms with Gasteiger partial charge < -0.3 is 14.2 Å². The Balaban J connectivity index is 1.62. The Morgan fingerprint density at radius 3 is 2.67 bits per heavy atom. The Hall–Kier alpha value is -3.04. The van der Waals surface area contributed by atoms with E-state index in [0.717, 1.165) is 25.9 Å². The number of morpholine rings is 1. The SMILES string of the molecule is CC1CCN(C(=O)c2cc3c(=O)n4ccccc4nc3n(CCN3CCOCC3)c2=N)CC1. The quantitative estimate of drug-likeness (QED) is 0.605. The second-order valence-electron chi connectivity index (χ2n) is 9.07. The van der Waals surface area contributed by atoms with E-state index >= 15 is 0 Å². The van der Waals surface area contributed by atoms with Gasteiger partial charge in [-0.1, -0.05) is 13.0 Å². The Morgan fingerprint density at radius 1 is 1.15 bits per heavy atom. The number of carbonyl (C=O) groups excluding carboxylic acids is 1. The Bertz CT molecular complexity index is 1300. The van der Waals surface area contributed by atoms with Gasteiger partial charge in [0.15, 0.2) is 0 Å². The highest BCUT2D eigenvalue weighted by Gasteiger charge is 2.25. The van der Waals surface area contributed by atoms with Gasteiger partial charge in [0.25, 0.3) is 11.5 Å². The first kappa shape index (κ1) is 21.8. The molecule has 33 heavy (non-hydrogen) atoms. The van der Waals surface area contributed by atoms with Crippen LogP contribution in [-0.2, 0) is 11.3 Å². The smallest absolute Gasteiger partial charge is 0.267 e. The number of pyridine rings is 2. The van der Waals surface area contributed by atoms with Gasteiger partial charge in [0.05, 0.1) is 24.2 Å². The molecule has 0 saturated carbocycles. The molecule has 1 N–H and O–H groups in total. The third-order valence-corrected chi connectivity index (χ3v) is 6.86. The van der Waals surface area contributed by atoms with E-state index in [1.165, 1.54) is 4.40 Å². The van der Waals surface area contributed by atoms with Crippen LogP contribution in [0.3, 0.4) is 0 Å². The molecule has 2 aliphatic heterocycles. The molecule has 0 spiro atoms. The van der Waals surface area contributed by atoms with Gasteiger partial charge in [0.2, 0.25) is 0 Å². The molecule has 9 heteroatoms. The summed E-state index contributed by atoms with van der Waals surface area (Å²) in [6.45, 7) is 7.77. The third-order valence-electron chi connectivity index (χ3n) is 6.86. The maximum atomic E-state index is 13.4. The maximum Gasteiger partial charge on any atom is 0.267 e. The van der Waals surface area contributed by atoms with Crippen molar-refractivity contribution in [2.24, 2.45) is 5.92 Å².